The molecule has 0 radical (unpaired) electrons. The summed E-state index contributed by atoms with van der Waals surface area (Å²) in [5.74, 6) is 0.992. The summed E-state index contributed by atoms with van der Waals surface area (Å²) in [4.78, 5) is 24.0. The van der Waals surface area contributed by atoms with E-state index in [0.29, 0.717) is 24.5 Å². The fraction of sp³-hybridized carbons (Fsp3) is 0.238. The van der Waals surface area contributed by atoms with Crippen LogP contribution in [-0.4, -0.2) is 34.6 Å². The maximum atomic E-state index is 13.0. The fourth-order valence-corrected chi connectivity index (χ4v) is 2.52. The van der Waals surface area contributed by atoms with Gasteiger partial charge >= 0.3 is 5.97 Å². The number of benzene rings is 2. The van der Waals surface area contributed by atoms with Gasteiger partial charge in [-0.05, 0) is 55.0 Å². The van der Waals surface area contributed by atoms with Crippen molar-refractivity contribution in [2.75, 3.05) is 24.8 Å². The number of nitrogens with one attached hydrogen (secondary N) is 1. The molecular formula is C21H22FN5O4. The quantitative estimate of drug-likeness (QED) is 0.371. The minimum atomic E-state index is -0.412. The molecule has 0 amide bonds. The van der Waals surface area contributed by atoms with Crippen LogP contribution in [0.4, 0.5) is 22.0 Å². The molecule has 0 spiro atoms. The number of aromatic nitrogens is 3. The van der Waals surface area contributed by atoms with E-state index in [4.69, 9.17) is 19.9 Å². The Morgan fingerprint density at radius 1 is 1.03 bits per heavy atom. The second-order valence-corrected chi connectivity index (χ2v) is 6.35. The number of anilines is 3. The van der Waals surface area contributed by atoms with Crippen molar-refractivity contribution in [3.63, 3.8) is 0 Å². The van der Waals surface area contributed by atoms with Gasteiger partial charge in [-0.1, -0.05) is 0 Å². The first-order valence-electron chi connectivity index (χ1n) is 9.47. The number of halogens is 1. The second-order valence-electron chi connectivity index (χ2n) is 6.35. The first-order chi connectivity index (χ1) is 15.0. The highest BCUT2D eigenvalue weighted by Crippen LogP contribution is 2.17. The van der Waals surface area contributed by atoms with Crippen molar-refractivity contribution in [3.05, 3.63) is 60.2 Å². The van der Waals surface area contributed by atoms with Crippen molar-refractivity contribution in [2.24, 2.45) is 0 Å². The summed E-state index contributed by atoms with van der Waals surface area (Å²) in [5.41, 5.74) is 6.26. The van der Waals surface area contributed by atoms with Crippen LogP contribution in [0.1, 0.15) is 18.7 Å². The number of hydrogen-bond acceptors (Lipinski definition) is 9. The lowest BCUT2D eigenvalue weighted by atomic mass is 10.3. The van der Waals surface area contributed by atoms with E-state index in [1.807, 2.05) is 0 Å². The first kappa shape index (κ1) is 21.8. The number of rotatable bonds is 10. The summed E-state index contributed by atoms with van der Waals surface area (Å²) in [6.45, 7) is 0.217. The highest BCUT2D eigenvalue weighted by atomic mass is 19.1. The number of carbonyl (C=O) groups is 1. The van der Waals surface area contributed by atoms with Crippen LogP contribution in [0.3, 0.4) is 0 Å². The van der Waals surface area contributed by atoms with E-state index in [1.165, 1.54) is 24.3 Å². The van der Waals surface area contributed by atoms with Crippen LogP contribution in [0.15, 0.2) is 48.5 Å². The second kappa shape index (κ2) is 10.7. The molecule has 0 bridgehead atoms. The third kappa shape index (κ3) is 7.11. The lowest BCUT2D eigenvalue weighted by Gasteiger charge is -2.09. The molecule has 10 heteroatoms. The Hall–Kier alpha value is -3.95. The van der Waals surface area contributed by atoms with Crippen molar-refractivity contribution < 1.29 is 23.4 Å². The van der Waals surface area contributed by atoms with Gasteiger partial charge in [-0.25, -0.2) is 4.39 Å². The van der Waals surface area contributed by atoms with Crippen LogP contribution in [0.25, 0.3) is 0 Å². The predicted octanol–water partition coefficient (Wildman–Crippen LogP) is 3.25. The predicted molar refractivity (Wildman–Crippen MR) is 111 cm³/mol. The van der Waals surface area contributed by atoms with Gasteiger partial charge in [0, 0.05) is 12.1 Å². The average Bonchev–Trinajstić information content (AvgIpc) is 2.77. The number of nitrogen functional groups attached to an aromatic ring is 1. The number of ether oxygens (including phenoxy) is 3. The van der Waals surface area contributed by atoms with Crippen LogP contribution in [0.5, 0.6) is 11.5 Å². The van der Waals surface area contributed by atoms with Gasteiger partial charge in [0.2, 0.25) is 11.9 Å². The molecule has 0 aliphatic carbocycles. The van der Waals surface area contributed by atoms with Gasteiger partial charge in [-0.2, -0.15) is 15.0 Å². The SMILES string of the molecule is COc1ccc(OCCCC(=O)OCc2nc(N)nc(Nc3ccc(F)cc3)n2)cc1. The number of methoxy groups -OCH3 is 1. The monoisotopic (exact) mass is 427 g/mol. The zero-order valence-corrected chi connectivity index (χ0v) is 16.9. The molecule has 3 rings (SSSR count). The van der Waals surface area contributed by atoms with E-state index in [1.54, 1.807) is 31.4 Å². The van der Waals surface area contributed by atoms with E-state index < -0.39 is 5.97 Å². The largest absolute Gasteiger partial charge is 0.497 e. The van der Waals surface area contributed by atoms with Crippen LogP contribution in [-0.2, 0) is 16.1 Å². The summed E-state index contributed by atoms with van der Waals surface area (Å²) < 4.78 is 28.8. The number of nitrogens with two attached hydrogens (primary N) is 1. The van der Waals surface area contributed by atoms with Crippen molar-refractivity contribution in [1.29, 1.82) is 0 Å². The molecule has 1 heterocycles. The molecule has 0 fully saturated rings. The van der Waals surface area contributed by atoms with E-state index in [9.17, 15) is 9.18 Å². The summed E-state index contributed by atoms with van der Waals surface area (Å²) >= 11 is 0. The highest BCUT2D eigenvalue weighted by Gasteiger charge is 2.09. The van der Waals surface area contributed by atoms with E-state index in [0.717, 1.165) is 5.75 Å². The summed E-state index contributed by atoms with van der Waals surface area (Å²) in [6, 6.07) is 12.8. The summed E-state index contributed by atoms with van der Waals surface area (Å²) in [5, 5.41) is 2.89. The Kier molecular flexibility index (Phi) is 7.52. The van der Waals surface area contributed by atoms with E-state index in [-0.39, 0.29) is 36.6 Å². The first-order valence-corrected chi connectivity index (χ1v) is 9.47. The molecule has 0 aliphatic heterocycles. The minimum Gasteiger partial charge on any atom is -0.497 e. The van der Waals surface area contributed by atoms with Gasteiger partial charge in [0.1, 0.15) is 17.3 Å². The number of carbonyl (C=O) groups excluding carboxylic acids is 1. The Balaban J connectivity index is 1.42. The van der Waals surface area contributed by atoms with E-state index in [2.05, 4.69) is 20.3 Å². The lowest BCUT2D eigenvalue weighted by molar-refractivity contribution is -0.145. The molecule has 0 atom stereocenters. The van der Waals surface area contributed by atoms with Crippen LogP contribution in [0.2, 0.25) is 0 Å². The van der Waals surface area contributed by atoms with Crippen molar-refractivity contribution in [2.45, 2.75) is 19.4 Å². The number of esters is 1. The zero-order valence-electron chi connectivity index (χ0n) is 16.9. The summed E-state index contributed by atoms with van der Waals surface area (Å²) in [6.07, 6.45) is 0.666. The highest BCUT2D eigenvalue weighted by molar-refractivity contribution is 5.69. The van der Waals surface area contributed by atoms with Crippen LogP contribution < -0.4 is 20.5 Å². The van der Waals surface area contributed by atoms with Crippen LogP contribution >= 0.6 is 0 Å². The van der Waals surface area contributed by atoms with Gasteiger partial charge < -0.3 is 25.3 Å². The average molecular weight is 427 g/mol. The lowest BCUT2D eigenvalue weighted by Crippen LogP contribution is -2.11. The normalized spacial score (nSPS) is 10.4. The van der Waals surface area contributed by atoms with Gasteiger partial charge in [0.05, 0.1) is 13.7 Å². The van der Waals surface area contributed by atoms with Crippen molar-refractivity contribution >= 4 is 23.6 Å². The van der Waals surface area contributed by atoms with Gasteiger partial charge in [-0.3, -0.25) is 4.79 Å². The van der Waals surface area contributed by atoms with Gasteiger partial charge in [-0.15, -0.1) is 0 Å². The Bertz CT molecular complexity index is 1000. The third-order valence-electron chi connectivity index (χ3n) is 4.02. The van der Waals surface area contributed by atoms with Gasteiger partial charge in [0.15, 0.2) is 12.4 Å². The molecule has 9 nitrogen and oxygen atoms in total. The van der Waals surface area contributed by atoms with E-state index >= 15 is 0 Å². The third-order valence-corrected chi connectivity index (χ3v) is 4.02. The molecule has 1 aromatic heterocycles. The standard InChI is InChI=1S/C21H22FN5O4/c1-29-16-8-10-17(11-9-16)30-12-2-3-19(28)31-13-18-25-20(23)27-21(26-18)24-15-6-4-14(22)5-7-15/h4-11H,2-3,12-13H2,1H3,(H3,23,24,25,26,27). The molecule has 31 heavy (non-hydrogen) atoms. The molecule has 3 aromatic rings. The molecule has 2 aromatic carbocycles. The topological polar surface area (TPSA) is 121 Å². The molecule has 0 unspecified atom stereocenters. The van der Waals surface area contributed by atoms with Crippen LogP contribution in [0, 0.1) is 5.82 Å². The Labute approximate surface area is 178 Å². The molecule has 0 aliphatic rings. The molecule has 0 saturated carbocycles. The minimum absolute atomic E-state index is 0.0291. The van der Waals surface area contributed by atoms with Crippen molar-refractivity contribution in [1.82, 2.24) is 15.0 Å². The maximum absolute atomic E-state index is 13.0. The fourth-order valence-electron chi connectivity index (χ4n) is 2.52. The molecule has 162 valence electrons. The number of nitrogens with zero attached hydrogens (tertiary/aromatic N) is 3. The van der Waals surface area contributed by atoms with Gasteiger partial charge in [0.25, 0.3) is 0 Å². The molecular weight excluding hydrogens is 405 g/mol. The Morgan fingerprint density at radius 3 is 2.45 bits per heavy atom. The Morgan fingerprint density at radius 2 is 1.74 bits per heavy atom. The molecule has 3 N–H and O–H groups in total. The summed E-state index contributed by atoms with van der Waals surface area (Å²) in [7, 11) is 1.59. The van der Waals surface area contributed by atoms with Crippen molar-refractivity contribution in [3.8, 4) is 11.5 Å². The number of hydrogen-bond donors (Lipinski definition) is 2. The zero-order chi connectivity index (χ0) is 22.1. The smallest absolute Gasteiger partial charge is 0.306 e. The maximum Gasteiger partial charge on any atom is 0.306 e. The molecule has 0 saturated heterocycles.